The smallest absolute Gasteiger partial charge is 0.0830 e. The molecule has 0 amide bonds. The van der Waals surface area contributed by atoms with Gasteiger partial charge in [0.1, 0.15) is 0 Å². The molecule has 0 heterocycles. The first-order valence-electron chi connectivity index (χ1n) is 13.7. The number of aliphatic hydroxyl groups excluding tert-OH is 5. The Bertz CT molecular complexity index is 698. The second-order valence-electron chi connectivity index (χ2n) is 13.5. The molecule has 14 atom stereocenters. The SMILES string of the molecule is CC(C)[C@@H](C)[C@@H](O)[C@H](O)[C@@H](C)[C@H]1CC[C@H]2[C@@H]3C[C@@H](O)[C@H]4C[C@H](O)[C@H](O)C[C@]4(C)[C@H]3CC[C@]12C. The molecular weight excluding hydrogens is 416 g/mol. The average molecular weight is 467 g/mol. The summed E-state index contributed by atoms with van der Waals surface area (Å²) in [4.78, 5) is 0. The van der Waals surface area contributed by atoms with E-state index in [1.54, 1.807) is 0 Å². The zero-order valence-corrected chi connectivity index (χ0v) is 21.7. The van der Waals surface area contributed by atoms with Gasteiger partial charge in [-0.15, -0.1) is 0 Å². The van der Waals surface area contributed by atoms with E-state index < -0.39 is 30.5 Å². The summed E-state index contributed by atoms with van der Waals surface area (Å²) in [5.74, 6) is 2.25. The van der Waals surface area contributed by atoms with Gasteiger partial charge in [-0.3, -0.25) is 0 Å². The Balaban J connectivity index is 1.55. The maximum Gasteiger partial charge on any atom is 0.0830 e. The lowest BCUT2D eigenvalue weighted by Crippen LogP contribution is -2.60. The largest absolute Gasteiger partial charge is 0.393 e. The molecule has 5 heteroatoms. The summed E-state index contributed by atoms with van der Waals surface area (Å²) in [5, 5.41) is 54.0. The molecule has 0 unspecified atom stereocenters. The van der Waals surface area contributed by atoms with Crippen LogP contribution in [0.5, 0.6) is 0 Å². The molecule has 0 aromatic heterocycles. The van der Waals surface area contributed by atoms with Gasteiger partial charge in [-0.2, -0.15) is 0 Å². The average Bonchev–Trinajstić information content (AvgIpc) is 3.10. The molecule has 5 nitrogen and oxygen atoms in total. The molecule has 33 heavy (non-hydrogen) atoms. The quantitative estimate of drug-likeness (QED) is 0.426. The lowest BCUT2D eigenvalue weighted by atomic mass is 9.43. The lowest BCUT2D eigenvalue weighted by Gasteiger charge is -2.63. The van der Waals surface area contributed by atoms with Crippen molar-refractivity contribution in [2.45, 2.75) is 117 Å². The Hall–Kier alpha value is -0.200. The molecule has 0 radical (unpaired) electrons. The summed E-state index contributed by atoms with van der Waals surface area (Å²) in [5.41, 5.74) is -0.0213. The molecule has 4 rings (SSSR count). The van der Waals surface area contributed by atoms with Crippen molar-refractivity contribution in [3.8, 4) is 0 Å². The number of fused-ring (bicyclic) bond motifs is 5. The van der Waals surface area contributed by atoms with Crippen LogP contribution in [0.3, 0.4) is 0 Å². The number of hydrogen-bond acceptors (Lipinski definition) is 5. The Morgan fingerprint density at radius 1 is 0.697 bits per heavy atom. The van der Waals surface area contributed by atoms with E-state index in [-0.39, 0.29) is 28.6 Å². The number of rotatable bonds is 5. The molecule has 4 fully saturated rings. The fourth-order valence-electron chi connectivity index (χ4n) is 9.48. The van der Waals surface area contributed by atoms with E-state index in [2.05, 4.69) is 34.6 Å². The van der Waals surface area contributed by atoms with Crippen LogP contribution >= 0.6 is 0 Å². The van der Waals surface area contributed by atoms with Crippen LogP contribution in [0.4, 0.5) is 0 Å². The van der Waals surface area contributed by atoms with Gasteiger partial charge in [0.05, 0.1) is 30.5 Å². The van der Waals surface area contributed by atoms with Crippen LogP contribution in [-0.2, 0) is 0 Å². The van der Waals surface area contributed by atoms with Crippen molar-refractivity contribution < 1.29 is 25.5 Å². The van der Waals surface area contributed by atoms with Crippen molar-refractivity contribution >= 4 is 0 Å². The number of aliphatic hydroxyl groups is 5. The second kappa shape index (κ2) is 9.03. The van der Waals surface area contributed by atoms with Gasteiger partial charge in [-0.1, -0.05) is 41.5 Å². The van der Waals surface area contributed by atoms with E-state index >= 15 is 0 Å². The van der Waals surface area contributed by atoms with E-state index in [4.69, 9.17) is 0 Å². The zero-order valence-electron chi connectivity index (χ0n) is 21.7. The minimum atomic E-state index is -0.721. The topological polar surface area (TPSA) is 101 Å². The summed E-state index contributed by atoms with van der Waals surface area (Å²) < 4.78 is 0. The first-order valence-corrected chi connectivity index (χ1v) is 13.7. The highest BCUT2D eigenvalue weighted by atomic mass is 16.3. The summed E-state index contributed by atoms with van der Waals surface area (Å²) in [6, 6.07) is 0. The van der Waals surface area contributed by atoms with E-state index in [0.29, 0.717) is 42.4 Å². The van der Waals surface area contributed by atoms with E-state index in [1.807, 2.05) is 6.92 Å². The lowest BCUT2D eigenvalue weighted by molar-refractivity contribution is -0.197. The Morgan fingerprint density at radius 2 is 1.33 bits per heavy atom. The highest BCUT2D eigenvalue weighted by molar-refractivity contribution is 5.12. The van der Waals surface area contributed by atoms with Crippen molar-refractivity contribution in [1.29, 1.82) is 0 Å². The van der Waals surface area contributed by atoms with Crippen LogP contribution in [0.15, 0.2) is 0 Å². The minimum absolute atomic E-state index is 0.0382. The van der Waals surface area contributed by atoms with E-state index in [9.17, 15) is 25.5 Å². The summed E-state index contributed by atoms with van der Waals surface area (Å²) in [6.45, 7) is 13.0. The highest BCUT2D eigenvalue weighted by Gasteiger charge is 2.63. The fourth-order valence-corrected chi connectivity index (χ4v) is 9.48. The maximum atomic E-state index is 11.2. The van der Waals surface area contributed by atoms with E-state index in [0.717, 1.165) is 32.1 Å². The van der Waals surface area contributed by atoms with Crippen LogP contribution in [0.25, 0.3) is 0 Å². The Kier molecular flexibility index (Phi) is 7.08. The molecule has 4 saturated carbocycles. The summed E-state index contributed by atoms with van der Waals surface area (Å²) >= 11 is 0. The summed E-state index contributed by atoms with van der Waals surface area (Å²) in [7, 11) is 0. The molecule has 0 spiro atoms. The third-order valence-corrected chi connectivity index (χ3v) is 11.9. The maximum absolute atomic E-state index is 11.2. The van der Waals surface area contributed by atoms with E-state index in [1.165, 1.54) is 0 Å². The molecule has 192 valence electrons. The van der Waals surface area contributed by atoms with Gasteiger partial charge in [-0.25, -0.2) is 0 Å². The van der Waals surface area contributed by atoms with Gasteiger partial charge in [0.2, 0.25) is 0 Å². The number of hydrogen-bond donors (Lipinski definition) is 5. The first-order chi connectivity index (χ1) is 15.3. The van der Waals surface area contributed by atoms with Crippen molar-refractivity contribution in [3.05, 3.63) is 0 Å². The van der Waals surface area contributed by atoms with Crippen LogP contribution in [-0.4, -0.2) is 56.1 Å². The van der Waals surface area contributed by atoms with Crippen LogP contribution in [0.2, 0.25) is 0 Å². The molecular formula is C28H50O5. The molecule has 4 aliphatic rings. The Labute approximate surface area is 201 Å². The molecule has 0 aromatic carbocycles. The molecule has 0 saturated heterocycles. The highest BCUT2D eigenvalue weighted by Crippen LogP contribution is 2.68. The Morgan fingerprint density at radius 3 is 1.97 bits per heavy atom. The van der Waals surface area contributed by atoms with Gasteiger partial charge < -0.3 is 25.5 Å². The summed E-state index contributed by atoms with van der Waals surface area (Å²) in [6.07, 6.45) is 3.01. The third-order valence-electron chi connectivity index (χ3n) is 11.9. The van der Waals surface area contributed by atoms with Crippen LogP contribution in [0.1, 0.15) is 86.5 Å². The standard InChI is InChI=1S/C28H50O5/c1-14(2)15(3)25(32)26(33)16(4)18-7-8-19-17-11-22(29)21-12-23(30)24(31)13-28(21,6)20(17)9-10-27(18,19)5/h14-26,29-33H,7-13H2,1-6H3/t15-,16+,17+,18-,19+,20+,21-,22-,23+,24-,25-,26-,27-,28-/m1/s1. The van der Waals surface area contributed by atoms with Crippen molar-refractivity contribution in [3.63, 3.8) is 0 Å². The van der Waals surface area contributed by atoms with Gasteiger partial charge in [0.15, 0.2) is 0 Å². The molecule has 0 bridgehead atoms. The van der Waals surface area contributed by atoms with Gasteiger partial charge in [-0.05, 0) is 103 Å². The minimum Gasteiger partial charge on any atom is -0.393 e. The van der Waals surface area contributed by atoms with Gasteiger partial charge >= 0.3 is 0 Å². The predicted octanol–water partition coefficient (Wildman–Crippen LogP) is 3.60. The second-order valence-corrected chi connectivity index (χ2v) is 13.5. The van der Waals surface area contributed by atoms with Crippen molar-refractivity contribution in [2.75, 3.05) is 0 Å². The monoisotopic (exact) mass is 466 g/mol. The van der Waals surface area contributed by atoms with Crippen LogP contribution < -0.4 is 0 Å². The van der Waals surface area contributed by atoms with Crippen molar-refractivity contribution in [2.24, 2.45) is 58.2 Å². The first kappa shape index (κ1) is 25.9. The van der Waals surface area contributed by atoms with Gasteiger partial charge in [0.25, 0.3) is 0 Å². The fraction of sp³-hybridized carbons (Fsp3) is 1.00. The molecule has 5 N–H and O–H groups in total. The third kappa shape index (κ3) is 4.02. The van der Waals surface area contributed by atoms with Gasteiger partial charge in [0, 0.05) is 0 Å². The molecule has 0 aliphatic heterocycles. The molecule has 0 aromatic rings. The van der Waals surface area contributed by atoms with Crippen LogP contribution in [0, 0.1) is 58.2 Å². The van der Waals surface area contributed by atoms with Crippen molar-refractivity contribution in [1.82, 2.24) is 0 Å². The zero-order chi connectivity index (χ0) is 24.5. The molecule has 4 aliphatic carbocycles. The normalized spacial score (nSPS) is 51.3. The predicted molar refractivity (Wildman–Crippen MR) is 129 cm³/mol.